The summed E-state index contributed by atoms with van der Waals surface area (Å²) in [5, 5.41) is 2.80. The molecule has 1 unspecified atom stereocenters. The first-order valence-corrected chi connectivity index (χ1v) is 6.13. The zero-order valence-electron chi connectivity index (χ0n) is 11.5. The maximum absolute atomic E-state index is 11.4. The molecule has 1 amide bonds. The third kappa shape index (κ3) is 3.74. The van der Waals surface area contributed by atoms with Gasteiger partial charge in [-0.1, -0.05) is 6.07 Å². The number of nitrogens with one attached hydrogen (secondary N) is 1. The Morgan fingerprint density at radius 3 is 2.67 bits per heavy atom. The number of methoxy groups -OCH3 is 1. The number of carbonyl (C=O) groups excluding carboxylic acids is 1. The molecule has 18 heavy (non-hydrogen) atoms. The Hall–Kier alpha value is -1.55. The number of rotatable bonds is 5. The minimum absolute atomic E-state index is 0.126. The molecular weight excluding hydrogens is 228 g/mol. The van der Waals surface area contributed by atoms with Crippen LogP contribution in [0.2, 0.25) is 0 Å². The summed E-state index contributed by atoms with van der Waals surface area (Å²) < 4.78 is 5.37. The Balaban J connectivity index is 2.70. The summed E-state index contributed by atoms with van der Waals surface area (Å²) in [6.45, 7) is 6.34. The van der Waals surface area contributed by atoms with Gasteiger partial charge in [-0.05, 0) is 49.9 Å². The summed E-state index contributed by atoms with van der Waals surface area (Å²) in [6, 6.07) is 3.66. The molecular formula is C14H22N2O2. The topological polar surface area (TPSA) is 64.3 Å². The van der Waals surface area contributed by atoms with Crippen LogP contribution in [0.25, 0.3) is 0 Å². The molecule has 0 heterocycles. The van der Waals surface area contributed by atoms with Crippen molar-refractivity contribution in [1.29, 1.82) is 0 Å². The largest absolute Gasteiger partial charge is 0.496 e. The van der Waals surface area contributed by atoms with E-state index >= 15 is 0 Å². The van der Waals surface area contributed by atoms with E-state index in [-0.39, 0.29) is 5.91 Å². The molecule has 1 atom stereocenters. The lowest BCUT2D eigenvalue weighted by atomic mass is 10.0. The van der Waals surface area contributed by atoms with Crippen LogP contribution in [0.1, 0.15) is 23.6 Å². The van der Waals surface area contributed by atoms with E-state index in [2.05, 4.69) is 18.3 Å². The Bertz CT molecular complexity index is 428. The maximum Gasteiger partial charge on any atom is 0.236 e. The van der Waals surface area contributed by atoms with Crippen molar-refractivity contribution in [3.63, 3.8) is 0 Å². The van der Waals surface area contributed by atoms with Gasteiger partial charge in [-0.15, -0.1) is 0 Å². The molecule has 0 spiro atoms. The average molecular weight is 250 g/mol. The van der Waals surface area contributed by atoms with E-state index < -0.39 is 6.04 Å². The Labute approximate surface area is 109 Å². The van der Waals surface area contributed by atoms with E-state index in [1.54, 1.807) is 14.0 Å². The molecule has 0 aromatic heterocycles. The number of hydrogen-bond acceptors (Lipinski definition) is 3. The van der Waals surface area contributed by atoms with Crippen LogP contribution in [0.3, 0.4) is 0 Å². The summed E-state index contributed by atoms with van der Waals surface area (Å²) >= 11 is 0. The number of hydrogen-bond donors (Lipinski definition) is 2. The fourth-order valence-electron chi connectivity index (χ4n) is 1.93. The number of aryl methyl sites for hydroxylation is 2. The van der Waals surface area contributed by atoms with Crippen molar-refractivity contribution in [2.75, 3.05) is 13.7 Å². The van der Waals surface area contributed by atoms with Crippen molar-refractivity contribution in [2.24, 2.45) is 5.73 Å². The monoisotopic (exact) mass is 250 g/mol. The van der Waals surface area contributed by atoms with Crippen molar-refractivity contribution in [3.05, 3.63) is 28.8 Å². The molecule has 0 aliphatic rings. The van der Waals surface area contributed by atoms with E-state index in [1.807, 2.05) is 13.0 Å². The summed E-state index contributed by atoms with van der Waals surface area (Å²) in [6.07, 6.45) is 0.744. The van der Waals surface area contributed by atoms with Gasteiger partial charge in [0.15, 0.2) is 0 Å². The maximum atomic E-state index is 11.4. The first-order valence-electron chi connectivity index (χ1n) is 6.13. The smallest absolute Gasteiger partial charge is 0.236 e. The fraction of sp³-hybridized carbons (Fsp3) is 0.500. The van der Waals surface area contributed by atoms with Crippen LogP contribution in [-0.2, 0) is 11.2 Å². The third-order valence-corrected chi connectivity index (χ3v) is 2.88. The van der Waals surface area contributed by atoms with Crippen LogP contribution < -0.4 is 15.8 Å². The molecule has 3 N–H and O–H groups in total. The molecule has 0 aliphatic heterocycles. The number of amides is 1. The molecule has 0 radical (unpaired) electrons. The van der Waals surface area contributed by atoms with Gasteiger partial charge in [-0.25, -0.2) is 0 Å². The molecule has 0 aliphatic carbocycles. The van der Waals surface area contributed by atoms with Gasteiger partial charge in [0.05, 0.1) is 13.2 Å². The minimum atomic E-state index is -0.467. The van der Waals surface area contributed by atoms with Crippen molar-refractivity contribution in [3.8, 4) is 5.75 Å². The highest BCUT2D eigenvalue weighted by Crippen LogP contribution is 2.24. The molecule has 100 valence electrons. The molecule has 4 heteroatoms. The normalized spacial score (nSPS) is 12.1. The van der Waals surface area contributed by atoms with Gasteiger partial charge in [0.1, 0.15) is 5.75 Å². The first-order chi connectivity index (χ1) is 8.45. The van der Waals surface area contributed by atoms with Crippen LogP contribution >= 0.6 is 0 Å². The summed E-state index contributed by atoms with van der Waals surface area (Å²) in [5.41, 5.74) is 8.97. The Morgan fingerprint density at radius 1 is 1.44 bits per heavy atom. The second-order valence-corrected chi connectivity index (χ2v) is 4.59. The van der Waals surface area contributed by atoms with E-state index in [0.717, 1.165) is 17.7 Å². The third-order valence-electron chi connectivity index (χ3n) is 2.88. The van der Waals surface area contributed by atoms with Crippen molar-refractivity contribution < 1.29 is 9.53 Å². The molecule has 0 fully saturated rings. The van der Waals surface area contributed by atoms with E-state index in [9.17, 15) is 4.79 Å². The van der Waals surface area contributed by atoms with Crippen LogP contribution in [0.4, 0.5) is 0 Å². The minimum Gasteiger partial charge on any atom is -0.496 e. The van der Waals surface area contributed by atoms with Gasteiger partial charge in [-0.3, -0.25) is 4.79 Å². The average Bonchev–Trinajstić information content (AvgIpc) is 2.30. The van der Waals surface area contributed by atoms with E-state index in [1.165, 1.54) is 11.1 Å². The predicted octanol–water partition coefficient (Wildman–Crippen LogP) is 1.32. The van der Waals surface area contributed by atoms with Crippen LogP contribution in [0.5, 0.6) is 5.75 Å². The molecule has 1 aromatic rings. The van der Waals surface area contributed by atoms with Gasteiger partial charge < -0.3 is 15.8 Å². The van der Waals surface area contributed by atoms with Gasteiger partial charge in [0, 0.05) is 6.54 Å². The van der Waals surface area contributed by atoms with Gasteiger partial charge in [0.2, 0.25) is 5.91 Å². The zero-order chi connectivity index (χ0) is 13.7. The number of benzene rings is 1. The first kappa shape index (κ1) is 14.5. The quantitative estimate of drug-likeness (QED) is 0.828. The lowest BCUT2D eigenvalue weighted by Gasteiger charge is -2.14. The molecule has 0 saturated heterocycles. The van der Waals surface area contributed by atoms with Crippen LogP contribution in [0.15, 0.2) is 12.1 Å². The molecule has 1 rings (SSSR count). The SMILES string of the molecule is COc1cc(C)cc(C)c1CCNC(=O)C(C)N. The summed E-state index contributed by atoms with van der Waals surface area (Å²) in [4.78, 5) is 11.4. The Kier molecular flexibility index (Phi) is 5.16. The second-order valence-electron chi connectivity index (χ2n) is 4.59. The highest BCUT2D eigenvalue weighted by atomic mass is 16.5. The fourth-order valence-corrected chi connectivity index (χ4v) is 1.93. The lowest BCUT2D eigenvalue weighted by Crippen LogP contribution is -2.39. The molecule has 0 saturated carbocycles. The summed E-state index contributed by atoms with van der Waals surface area (Å²) in [5.74, 6) is 0.751. The molecule has 1 aromatic carbocycles. The van der Waals surface area contributed by atoms with Crippen LogP contribution in [-0.4, -0.2) is 25.6 Å². The lowest BCUT2D eigenvalue weighted by molar-refractivity contribution is -0.121. The Morgan fingerprint density at radius 2 is 2.11 bits per heavy atom. The van der Waals surface area contributed by atoms with E-state index in [4.69, 9.17) is 10.5 Å². The number of nitrogens with two attached hydrogens (primary N) is 1. The van der Waals surface area contributed by atoms with Crippen molar-refractivity contribution >= 4 is 5.91 Å². The molecule has 0 bridgehead atoms. The van der Waals surface area contributed by atoms with Crippen molar-refractivity contribution in [2.45, 2.75) is 33.2 Å². The zero-order valence-corrected chi connectivity index (χ0v) is 11.5. The predicted molar refractivity (Wildman–Crippen MR) is 72.8 cm³/mol. The number of carbonyl (C=O) groups is 1. The standard InChI is InChI=1S/C14H22N2O2/c1-9-7-10(2)12(13(8-9)18-4)5-6-16-14(17)11(3)15/h7-8,11H,5-6,15H2,1-4H3,(H,16,17). The van der Waals surface area contributed by atoms with Crippen molar-refractivity contribution in [1.82, 2.24) is 5.32 Å². The number of ether oxygens (including phenoxy) is 1. The highest BCUT2D eigenvalue weighted by molar-refractivity contribution is 5.80. The highest BCUT2D eigenvalue weighted by Gasteiger charge is 2.10. The van der Waals surface area contributed by atoms with Crippen LogP contribution in [0, 0.1) is 13.8 Å². The summed E-state index contributed by atoms with van der Waals surface area (Å²) in [7, 11) is 1.66. The van der Waals surface area contributed by atoms with Gasteiger partial charge in [0.25, 0.3) is 0 Å². The molecule has 4 nitrogen and oxygen atoms in total. The van der Waals surface area contributed by atoms with E-state index in [0.29, 0.717) is 6.54 Å². The second kappa shape index (κ2) is 6.40. The van der Waals surface area contributed by atoms with Gasteiger partial charge >= 0.3 is 0 Å². The van der Waals surface area contributed by atoms with Gasteiger partial charge in [-0.2, -0.15) is 0 Å².